The number of carboxylic acids is 1. The molecule has 4 rings (SSSR count). The maximum Gasteiger partial charge on any atom is 0.408 e. The highest BCUT2D eigenvalue weighted by atomic mass is 79.9. The number of aliphatic carboxylic acids is 1. The van der Waals surface area contributed by atoms with Crippen molar-refractivity contribution in [2.75, 3.05) is 13.1 Å². The van der Waals surface area contributed by atoms with Crippen molar-refractivity contribution in [3.05, 3.63) is 82.6 Å². The molecule has 1 aliphatic rings. The van der Waals surface area contributed by atoms with E-state index < -0.39 is 24.0 Å². The highest BCUT2D eigenvalue weighted by Gasteiger charge is 2.38. The van der Waals surface area contributed by atoms with Crippen LogP contribution >= 0.6 is 15.9 Å². The minimum Gasteiger partial charge on any atom is -0.481 e. The average Bonchev–Trinajstić information content (AvgIpc) is 2.83. The number of hydrogen-bond acceptors (Lipinski definition) is 6. The van der Waals surface area contributed by atoms with Crippen LogP contribution in [0.1, 0.15) is 11.1 Å². The molecule has 2 amide bonds. The number of carboxylic acid groups (broad SMARTS) is 1. The Morgan fingerprint density at radius 2 is 1.69 bits per heavy atom. The van der Waals surface area contributed by atoms with Gasteiger partial charge in [-0.2, -0.15) is 0 Å². The van der Waals surface area contributed by atoms with Crippen molar-refractivity contribution in [1.29, 1.82) is 0 Å². The van der Waals surface area contributed by atoms with E-state index in [9.17, 15) is 14.4 Å². The molecule has 1 atom stereocenters. The number of carbonyl (C=O) groups is 3. The van der Waals surface area contributed by atoms with E-state index in [1.54, 1.807) is 12.4 Å². The summed E-state index contributed by atoms with van der Waals surface area (Å²) in [6.07, 6.45) is 2.82. The summed E-state index contributed by atoms with van der Waals surface area (Å²) in [5, 5.41) is 11.8. The molecule has 0 aliphatic carbocycles. The van der Waals surface area contributed by atoms with Crippen molar-refractivity contribution in [3.63, 3.8) is 0 Å². The minimum atomic E-state index is -0.938. The van der Waals surface area contributed by atoms with E-state index in [4.69, 9.17) is 9.84 Å². The largest absolute Gasteiger partial charge is 0.481 e. The Morgan fingerprint density at radius 3 is 2.31 bits per heavy atom. The first-order valence-corrected chi connectivity index (χ1v) is 11.7. The van der Waals surface area contributed by atoms with Crippen LogP contribution < -0.4 is 5.32 Å². The summed E-state index contributed by atoms with van der Waals surface area (Å²) in [6, 6.07) is 15.7. The predicted octanol–water partition coefficient (Wildman–Crippen LogP) is 3.29. The van der Waals surface area contributed by atoms with Gasteiger partial charge in [-0.3, -0.25) is 9.59 Å². The van der Waals surface area contributed by atoms with Gasteiger partial charge in [0.2, 0.25) is 5.91 Å². The van der Waals surface area contributed by atoms with Gasteiger partial charge in [0, 0.05) is 37.5 Å². The zero-order valence-electron chi connectivity index (χ0n) is 18.6. The van der Waals surface area contributed by atoms with Crippen LogP contribution in [-0.4, -0.2) is 57.1 Å². The Bertz CT molecular complexity index is 1180. The lowest BCUT2D eigenvalue weighted by Crippen LogP contribution is -2.59. The van der Waals surface area contributed by atoms with Gasteiger partial charge in [0.1, 0.15) is 12.6 Å². The number of likely N-dealkylation sites (tertiary alicyclic amines) is 1. The number of alkyl carbamates (subject to hydrolysis) is 1. The van der Waals surface area contributed by atoms with Gasteiger partial charge in [-0.15, -0.1) is 0 Å². The molecule has 0 bridgehead atoms. The summed E-state index contributed by atoms with van der Waals surface area (Å²) in [5.41, 5.74) is 2.44. The Balaban J connectivity index is 1.43. The molecule has 1 fully saturated rings. The first-order valence-electron chi connectivity index (χ1n) is 10.9. The fraction of sp³-hybridized carbons (Fsp3) is 0.240. The van der Waals surface area contributed by atoms with Crippen molar-refractivity contribution in [3.8, 4) is 11.4 Å². The Labute approximate surface area is 210 Å². The molecule has 180 valence electrons. The molecule has 1 aliphatic heterocycles. The Hall–Kier alpha value is -3.79. The van der Waals surface area contributed by atoms with Crippen molar-refractivity contribution >= 4 is 33.9 Å². The summed E-state index contributed by atoms with van der Waals surface area (Å²) < 4.78 is 6.07. The third-order valence-electron chi connectivity index (χ3n) is 5.62. The first kappa shape index (κ1) is 24.3. The van der Waals surface area contributed by atoms with Crippen LogP contribution in [0.25, 0.3) is 11.4 Å². The van der Waals surface area contributed by atoms with Crippen LogP contribution in [-0.2, 0) is 27.4 Å². The molecule has 1 saturated heterocycles. The fourth-order valence-electron chi connectivity index (χ4n) is 3.63. The lowest BCUT2D eigenvalue weighted by molar-refractivity contribution is -0.153. The molecule has 2 aromatic carbocycles. The second-order valence-corrected chi connectivity index (χ2v) is 9.08. The van der Waals surface area contributed by atoms with Crippen LogP contribution in [0, 0.1) is 5.92 Å². The van der Waals surface area contributed by atoms with Crippen LogP contribution in [0.3, 0.4) is 0 Å². The number of ether oxygens (including phenoxy) is 1. The third kappa shape index (κ3) is 6.42. The molecular weight excluding hydrogens is 516 g/mol. The number of halogens is 1. The number of aromatic nitrogens is 2. The Kier molecular flexibility index (Phi) is 7.71. The van der Waals surface area contributed by atoms with Gasteiger partial charge in [0.05, 0.1) is 10.4 Å². The van der Waals surface area contributed by atoms with Gasteiger partial charge in [-0.25, -0.2) is 14.8 Å². The number of carbonyl (C=O) groups excluding carboxylic acids is 2. The van der Waals surface area contributed by atoms with Crippen LogP contribution in [0.2, 0.25) is 0 Å². The molecule has 2 N–H and O–H groups in total. The molecule has 1 unspecified atom stereocenters. The zero-order chi connectivity index (χ0) is 24.8. The van der Waals surface area contributed by atoms with Gasteiger partial charge in [0.15, 0.2) is 5.82 Å². The molecule has 0 saturated carbocycles. The van der Waals surface area contributed by atoms with Gasteiger partial charge in [0.25, 0.3) is 0 Å². The highest BCUT2D eigenvalue weighted by Crippen LogP contribution is 2.20. The summed E-state index contributed by atoms with van der Waals surface area (Å²) in [4.78, 5) is 46.7. The van der Waals surface area contributed by atoms with Crippen molar-refractivity contribution in [1.82, 2.24) is 20.2 Å². The van der Waals surface area contributed by atoms with E-state index in [0.717, 1.165) is 21.2 Å². The van der Waals surface area contributed by atoms with E-state index >= 15 is 0 Å². The topological polar surface area (TPSA) is 122 Å². The maximum absolute atomic E-state index is 13.1. The summed E-state index contributed by atoms with van der Waals surface area (Å²) >= 11 is 3.31. The van der Waals surface area contributed by atoms with E-state index in [0.29, 0.717) is 5.82 Å². The molecule has 2 heterocycles. The average molecular weight is 539 g/mol. The number of hydrogen-bond donors (Lipinski definition) is 2. The van der Waals surface area contributed by atoms with Crippen LogP contribution in [0.15, 0.2) is 71.5 Å². The highest BCUT2D eigenvalue weighted by molar-refractivity contribution is 9.10. The normalized spacial score (nSPS) is 14.0. The van der Waals surface area contributed by atoms with E-state index in [-0.39, 0.29) is 32.0 Å². The summed E-state index contributed by atoms with van der Waals surface area (Å²) in [7, 11) is 0. The second kappa shape index (κ2) is 11.1. The van der Waals surface area contributed by atoms with Gasteiger partial charge in [-0.05, 0) is 27.1 Å². The van der Waals surface area contributed by atoms with E-state index in [2.05, 4.69) is 31.2 Å². The first-order chi connectivity index (χ1) is 16.9. The standard InChI is InChI=1S/C25H23BrN4O5/c26-20-11-27-22(28-12-20)18-8-6-16(7-9-18)10-21(23(31)30-13-19(14-30)24(32)33)29-25(34)35-15-17-4-2-1-3-5-17/h1-9,11-12,19,21H,10,13-15H2,(H,29,34)(H,32,33). The molecule has 3 aromatic rings. The van der Waals surface area contributed by atoms with Crippen molar-refractivity contribution in [2.24, 2.45) is 5.92 Å². The van der Waals surface area contributed by atoms with Crippen LogP contribution in [0.4, 0.5) is 4.79 Å². The monoisotopic (exact) mass is 538 g/mol. The van der Waals surface area contributed by atoms with Crippen molar-refractivity contribution in [2.45, 2.75) is 19.1 Å². The maximum atomic E-state index is 13.1. The number of benzene rings is 2. The van der Waals surface area contributed by atoms with E-state index in [1.165, 1.54) is 4.90 Å². The molecule has 1 aromatic heterocycles. The lowest BCUT2D eigenvalue weighted by Gasteiger charge is -2.38. The number of rotatable bonds is 8. The fourth-order valence-corrected chi connectivity index (χ4v) is 3.83. The van der Waals surface area contributed by atoms with Gasteiger partial charge < -0.3 is 20.1 Å². The van der Waals surface area contributed by atoms with Gasteiger partial charge in [-0.1, -0.05) is 54.6 Å². The third-order valence-corrected chi connectivity index (χ3v) is 6.03. The summed E-state index contributed by atoms with van der Waals surface area (Å²) in [6.45, 7) is 0.302. The summed E-state index contributed by atoms with van der Waals surface area (Å²) in [5.74, 6) is -1.31. The Morgan fingerprint density at radius 1 is 1.03 bits per heavy atom. The molecular formula is C25H23BrN4O5. The minimum absolute atomic E-state index is 0.0697. The van der Waals surface area contributed by atoms with Crippen molar-refractivity contribution < 1.29 is 24.2 Å². The van der Waals surface area contributed by atoms with Crippen LogP contribution in [0.5, 0.6) is 0 Å². The lowest BCUT2D eigenvalue weighted by atomic mass is 9.97. The predicted molar refractivity (Wildman–Crippen MR) is 130 cm³/mol. The molecule has 0 radical (unpaired) electrons. The van der Waals surface area contributed by atoms with Gasteiger partial charge >= 0.3 is 12.1 Å². The molecule has 35 heavy (non-hydrogen) atoms. The number of amides is 2. The second-order valence-electron chi connectivity index (χ2n) is 8.16. The SMILES string of the molecule is O=C(NC(Cc1ccc(-c2ncc(Br)cn2)cc1)C(=O)N1CC(C(=O)O)C1)OCc1ccccc1. The quantitative estimate of drug-likeness (QED) is 0.451. The smallest absolute Gasteiger partial charge is 0.408 e. The number of nitrogens with one attached hydrogen (secondary N) is 1. The molecule has 9 nitrogen and oxygen atoms in total. The van der Waals surface area contributed by atoms with E-state index in [1.807, 2.05) is 54.6 Å². The molecule has 0 spiro atoms. The number of nitrogens with zero attached hydrogens (tertiary/aromatic N) is 3. The molecule has 10 heteroatoms. The zero-order valence-corrected chi connectivity index (χ0v) is 20.2.